The summed E-state index contributed by atoms with van der Waals surface area (Å²) in [6.45, 7) is 5.79. The predicted octanol–water partition coefficient (Wildman–Crippen LogP) is 3.66. The summed E-state index contributed by atoms with van der Waals surface area (Å²) in [5, 5.41) is 5.60. The SMILES string of the molecule is Cc1ccc(=O)n(CC(=O)Nc2ccc(C(=O)Nc3ccc(C)c(C)c3)cc2)c1. The molecule has 2 amide bonds. The topological polar surface area (TPSA) is 80.2 Å². The van der Waals surface area contributed by atoms with E-state index in [-0.39, 0.29) is 23.9 Å². The number of nitrogens with zero attached hydrogens (tertiary/aromatic N) is 1. The molecule has 0 bridgehead atoms. The first-order chi connectivity index (χ1) is 13.8. The zero-order valence-corrected chi connectivity index (χ0v) is 16.7. The highest BCUT2D eigenvalue weighted by atomic mass is 16.2. The Balaban J connectivity index is 1.62. The first-order valence-electron chi connectivity index (χ1n) is 9.27. The van der Waals surface area contributed by atoms with Crippen LogP contribution in [-0.2, 0) is 11.3 Å². The van der Waals surface area contributed by atoms with Gasteiger partial charge in [-0.3, -0.25) is 14.4 Å². The number of carbonyl (C=O) groups is 2. The van der Waals surface area contributed by atoms with Crippen LogP contribution >= 0.6 is 0 Å². The van der Waals surface area contributed by atoms with E-state index >= 15 is 0 Å². The zero-order valence-electron chi connectivity index (χ0n) is 16.7. The van der Waals surface area contributed by atoms with Crippen molar-refractivity contribution in [1.82, 2.24) is 4.57 Å². The molecule has 0 spiro atoms. The molecule has 0 saturated carbocycles. The van der Waals surface area contributed by atoms with E-state index in [9.17, 15) is 14.4 Å². The maximum absolute atomic E-state index is 12.4. The summed E-state index contributed by atoms with van der Waals surface area (Å²) in [6.07, 6.45) is 1.64. The Morgan fingerprint density at radius 2 is 1.52 bits per heavy atom. The number of pyridine rings is 1. The predicted molar refractivity (Wildman–Crippen MR) is 114 cm³/mol. The molecule has 0 fully saturated rings. The molecule has 6 heteroatoms. The number of benzene rings is 2. The lowest BCUT2D eigenvalue weighted by Gasteiger charge is -2.10. The number of aromatic nitrogens is 1. The molecule has 0 aliphatic rings. The van der Waals surface area contributed by atoms with E-state index in [0.29, 0.717) is 11.3 Å². The molecule has 29 heavy (non-hydrogen) atoms. The number of rotatable bonds is 5. The minimum atomic E-state index is -0.315. The molecule has 0 unspecified atom stereocenters. The number of anilines is 2. The molecule has 1 heterocycles. The molecule has 0 atom stereocenters. The van der Waals surface area contributed by atoms with E-state index in [1.165, 1.54) is 10.6 Å². The Morgan fingerprint density at radius 1 is 0.828 bits per heavy atom. The molecule has 0 saturated heterocycles. The quantitative estimate of drug-likeness (QED) is 0.699. The lowest BCUT2D eigenvalue weighted by molar-refractivity contribution is -0.116. The van der Waals surface area contributed by atoms with Crippen LogP contribution in [0.5, 0.6) is 0 Å². The molecule has 2 N–H and O–H groups in total. The second kappa shape index (κ2) is 8.56. The van der Waals surface area contributed by atoms with Gasteiger partial charge in [-0.05, 0) is 73.9 Å². The van der Waals surface area contributed by atoms with Crippen molar-refractivity contribution >= 4 is 23.2 Å². The summed E-state index contributed by atoms with van der Waals surface area (Å²) in [5.41, 5.74) is 4.71. The molecule has 1 aromatic heterocycles. The number of carbonyl (C=O) groups excluding carboxylic acids is 2. The Labute approximate surface area is 169 Å². The number of hydrogen-bond donors (Lipinski definition) is 2. The van der Waals surface area contributed by atoms with Crippen molar-refractivity contribution in [2.75, 3.05) is 10.6 Å². The lowest BCUT2D eigenvalue weighted by Crippen LogP contribution is -2.26. The second-order valence-corrected chi connectivity index (χ2v) is 7.05. The maximum Gasteiger partial charge on any atom is 0.255 e. The number of hydrogen-bond acceptors (Lipinski definition) is 3. The first-order valence-corrected chi connectivity index (χ1v) is 9.27. The normalized spacial score (nSPS) is 10.4. The van der Waals surface area contributed by atoms with Gasteiger partial charge in [-0.15, -0.1) is 0 Å². The summed E-state index contributed by atoms with van der Waals surface area (Å²) in [5.74, 6) is -0.539. The molecule has 148 valence electrons. The third-order valence-electron chi connectivity index (χ3n) is 4.64. The minimum absolute atomic E-state index is 0.0739. The Morgan fingerprint density at radius 3 is 2.21 bits per heavy atom. The van der Waals surface area contributed by atoms with Gasteiger partial charge in [0.25, 0.3) is 11.5 Å². The summed E-state index contributed by atoms with van der Waals surface area (Å²) >= 11 is 0. The van der Waals surface area contributed by atoms with E-state index in [4.69, 9.17) is 0 Å². The molecule has 3 rings (SSSR count). The van der Waals surface area contributed by atoms with Crippen molar-refractivity contribution in [3.05, 3.63) is 93.4 Å². The van der Waals surface area contributed by atoms with Crippen molar-refractivity contribution in [3.8, 4) is 0 Å². The standard InChI is InChI=1S/C23H23N3O3/c1-15-4-11-22(28)26(13-15)14-21(27)24-19-9-6-18(7-10-19)23(29)25-20-8-5-16(2)17(3)12-20/h4-13H,14H2,1-3H3,(H,24,27)(H,25,29). The number of aryl methyl sites for hydroxylation is 3. The van der Waals surface area contributed by atoms with Crippen molar-refractivity contribution < 1.29 is 9.59 Å². The van der Waals surface area contributed by atoms with E-state index in [0.717, 1.165) is 22.4 Å². The average molecular weight is 389 g/mol. The van der Waals surface area contributed by atoms with Crippen molar-refractivity contribution in [1.29, 1.82) is 0 Å². The van der Waals surface area contributed by atoms with Gasteiger partial charge in [-0.1, -0.05) is 12.1 Å². The van der Waals surface area contributed by atoms with Gasteiger partial charge in [0.05, 0.1) is 0 Å². The van der Waals surface area contributed by atoms with Gasteiger partial charge >= 0.3 is 0 Å². The van der Waals surface area contributed by atoms with Crippen molar-refractivity contribution in [2.24, 2.45) is 0 Å². The van der Waals surface area contributed by atoms with Crippen LogP contribution in [0.2, 0.25) is 0 Å². The summed E-state index contributed by atoms with van der Waals surface area (Å²) in [7, 11) is 0. The molecular formula is C23H23N3O3. The van der Waals surface area contributed by atoms with Crippen LogP contribution in [-0.4, -0.2) is 16.4 Å². The Hall–Kier alpha value is -3.67. The zero-order chi connectivity index (χ0) is 21.0. The smallest absolute Gasteiger partial charge is 0.255 e. The molecule has 3 aromatic rings. The third-order valence-corrected chi connectivity index (χ3v) is 4.64. The van der Waals surface area contributed by atoms with E-state index in [1.54, 1.807) is 36.5 Å². The van der Waals surface area contributed by atoms with E-state index in [2.05, 4.69) is 10.6 Å². The van der Waals surface area contributed by atoms with Crippen molar-refractivity contribution in [3.63, 3.8) is 0 Å². The lowest BCUT2D eigenvalue weighted by atomic mass is 10.1. The van der Waals surface area contributed by atoms with Crippen LogP contribution in [0.1, 0.15) is 27.0 Å². The number of nitrogens with one attached hydrogen (secondary N) is 2. The fourth-order valence-corrected chi connectivity index (χ4v) is 2.86. The summed E-state index contributed by atoms with van der Waals surface area (Å²) in [4.78, 5) is 36.4. The molecule has 6 nitrogen and oxygen atoms in total. The monoisotopic (exact) mass is 389 g/mol. The van der Waals surface area contributed by atoms with Crippen LogP contribution in [0.15, 0.2) is 65.6 Å². The first kappa shape index (κ1) is 20.1. The fraction of sp³-hybridized carbons (Fsp3) is 0.174. The van der Waals surface area contributed by atoms with E-state index in [1.807, 2.05) is 39.0 Å². The molecule has 0 aliphatic carbocycles. The minimum Gasteiger partial charge on any atom is -0.325 e. The highest BCUT2D eigenvalue weighted by Crippen LogP contribution is 2.16. The van der Waals surface area contributed by atoms with Gasteiger partial charge in [0.2, 0.25) is 5.91 Å². The third kappa shape index (κ3) is 5.19. The fourth-order valence-electron chi connectivity index (χ4n) is 2.86. The van der Waals surface area contributed by atoms with E-state index < -0.39 is 0 Å². The molecule has 0 aliphatic heterocycles. The van der Waals surface area contributed by atoms with Crippen LogP contribution < -0.4 is 16.2 Å². The molecule has 0 radical (unpaired) electrons. The van der Waals surface area contributed by atoms with Gasteiger partial charge in [0.15, 0.2) is 0 Å². The number of amides is 2. The van der Waals surface area contributed by atoms with Crippen LogP contribution in [0.3, 0.4) is 0 Å². The highest BCUT2D eigenvalue weighted by Gasteiger charge is 2.09. The van der Waals surface area contributed by atoms with Gasteiger partial charge in [0.1, 0.15) is 6.54 Å². The highest BCUT2D eigenvalue weighted by molar-refractivity contribution is 6.04. The average Bonchev–Trinajstić information content (AvgIpc) is 2.68. The molecule has 2 aromatic carbocycles. The van der Waals surface area contributed by atoms with Crippen LogP contribution in [0.4, 0.5) is 11.4 Å². The Kier molecular flexibility index (Phi) is 5.93. The molecular weight excluding hydrogens is 366 g/mol. The van der Waals surface area contributed by atoms with Gasteiger partial charge in [0, 0.05) is 29.2 Å². The van der Waals surface area contributed by atoms with Crippen LogP contribution in [0, 0.1) is 20.8 Å². The summed E-state index contributed by atoms with van der Waals surface area (Å²) < 4.78 is 1.36. The Bertz CT molecular complexity index is 1110. The van der Waals surface area contributed by atoms with Gasteiger partial charge < -0.3 is 15.2 Å². The maximum atomic E-state index is 12.4. The van der Waals surface area contributed by atoms with Gasteiger partial charge in [-0.25, -0.2) is 0 Å². The second-order valence-electron chi connectivity index (χ2n) is 7.05. The summed E-state index contributed by atoms with van der Waals surface area (Å²) in [6, 6.07) is 15.5. The van der Waals surface area contributed by atoms with Gasteiger partial charge in [-0.2, -0.15) is 0 Å². The van der Waals surface area contributed by atoms with Crippen LogP contribution in [0.25, 0.3) is 0 Å². The van der Waals surface area contributed by atoms with Crippen molar-refractivity contribution in [2.45, 2.75) is 27.3 Å². The largest absolute Gasteiger partial charge is 0.325 e.